The molecule has 0 spiro atoms. The molecule has 2 aromatic rings. The van der Waals surface area contributed by atoms with Crippen LogP contribution in [0.4, 0.5) is 11.5 Å². The lowest BCUT2D eigenvalue weighted by Crippen LogP contribution is -2.21. The second-order valence-corrected chi connectivity index (χ2v) is 4.35. The van der Waals surface area contributed by atoms with E-state index in [1.165, 1.54) is 5.69 Å². The van der Waals surface area contributed by atoms with Crippen LogP contribution in [0.15, 0.2) is 53.8 Å². The Kier molecular flexibility index (Phi) is 5.12. The van der Waals surface area contributed by atoms with Crippen LogP contribution in [0.1, 0.15) is 19.4 Å². The Morgan fingerprint density at radius 2 is 1.85 bits per heavy atom. The molecule has 4 heteroatoms. The first kappa shape index (κ1) is 14.1. The largest absolute Gasteiger partial charge is 0.372 e. The molecule has 0 amide bonds. The monoisotopic (exact) mass is 268 g/mol. The van der Waals surface area contributed by atoms with Gasteiger partial charge in [-0.25, -0.2) is 4.98 Å². The molecule has 0 saturated carbocycles. The maximum Gasteiger partial charge on any atom is 0.146 e. The first-order valence-corrected chi connectivity index (χ1v) is 6.88. The van der Waals surface area contributed by atoms with E-state index in [0.717, 1.165) is 24.5 Å². The predicted octanol–water partition coefficient (Wildman–Crippen LogP) is 3.37. The van der Waals surface area contributed by atoms with Crippen molar-refractivity contribution in [3.8, 4) is 0 Å². The van der Waals surface area contributed by atoms with Gasteiger partial charge in [-0.05, 0) is 43.7 Å². The van der Waals surface area contributed by atoms with E-state index in [-0.39, 0.29) is 0 Å². The van der Waals surface area contributed by atoms with Crippen molar-refractivity contribution < 1.29 is 0 Å². The van der Waals surface area contributed by atoms with E-state index in [2.05, 4.69) is 58.5 Å². The zero-order valence-corrected chi connectivity index (χ0v) is 12.0. The molecule has 0 fully saturated rings. The number of rotatable bonds is 6. The Hall–Kier alpha value is -2.36. The Morgan fingerprint density at radius 1 is 1.10 bits per heavy atom. The summed E-state index contributed by atoms with van der Waals surface area (Å²) in [7, 11) is 0. The van der Waals surface area contributed by atoms with Crippen LogP contribution >= 0.6 is 0 Å². The van der Waals surface area contributed by atoms with E-state index in [4.69, 9.17) is 0 Å². The van der Waals surface area contributed by atoms with Crippen molar-refractivity contribution >= 4 is 17.7 Å². The smallest absolute Gasteiger partial charge is 0.146 e. The molecule has 0 radical (unpaired) electrons. The number of hydrazone groups is 1. The average Bonchev–Trinajstić information content (AvgIpc) is 2.51. The number of benzene rings is 1. The van der Waals surface area contributed by atoms with Gasteiger partial charge in [0.05, 0.1) is 6.21 Å². The first-order valence-electron chi connectivity index (χ1n) is 6.88. The predicted molar refractivity (Wildman–Crippen MR) is 85.5 cm³/mol. The Labute approximate surface area is 120 Å². The summed E-state index contributed by atoms with van der Waals surface area (Å²) in [6.07, 6.45) is 3.53. The van der Waals surface area contributed by atoms with Gasteiger partial charge in [-0.3, -0.25) is 5.43 Å². The summed E-state index contributed by atoms with van der Waals surface area (Å²) in [6, 6.07) is 14.0. The highest BCUT2D eigenvalue weighted by atomic mass is 15.3. The lowest BCUT2D eigenvalue weighted by Gasteiger charge is -2.20. The summed E-state index contributed by atoms with van der Waals surface area (Å²) in [5, 5.41) is 4.18. The van der Waals surface area contributed by atoms with Crippen molar-refractivity contribution in [1.82, 2.24) is 4.98 Å². The van der Waals surface area contributed by atoms with Gasteiger partial charge in [0.15, 0.2) is 0 Å². The molecule has 0 saturated heterocycles. The van der Waals surface area contributed by atoms with Crippen LogP contribution in [0.2, 0.25) is 0 Å². The zero-order chi connectivity index (χ0) is 14.2. The maximum absolute atomic E-state index is 4.18. The van der Waals surface area contributed by atoms with Gasteiger partial charge in [-0.2, -0.15) is 5.10 Å². The summed E-state index contributed by atoms with van der Waals surface area (Å²) in [5.41, 5.74) is 5.20. The standard InChI is InChI=1S/C16H20N4/c1-3-20(4-2)15-10-8-14(9-11-15)13-18-19-16-7-5-6-12-17-16/h5-13H,3-4H2,1-2H3,(H,17,19)/b18-13-. The SMILES string of the molecule is CCN(CC)c1ccc(/C=N\Nc2ccccn2)cc1. The Morgan fingerprint density at radius 3 is 2.45 bits per heavy atom. The molecule has 0 aliphatic rings. The van der Waals surface area contributed by atoms with Gasteiger partial charge >= 0.3 is 0 Å². The molecule has 0 unspecified atom stereocenters. The third-order valence-corrected chi connectivity index (χ3v) is 3.08. The highest BCUT2D eigenvalue weighted by molar-refractivity contribution is 5.80. The topological polar surface area (TPSA) is 40.5 Å². The van der Waals surface area contributed by atoms with Gasteiger partial charge in [-0.1, -0.05) is 18.2 Å². The Bertz CT molecular complexity index is 530. The van der Waals surface area contributed by atoms with Crippen LogP contribution < -0.4 is 10.3 Å². The van der Waals surface area contributed by atoms with Gasteiger partial charge in [0.25, 0.3) is 0 Å². The van der Waals surface area contributed by atoms with Crippen molar-refractivity contribution in [1.29, 1.82) is 0 Å². The second-order valence-electron chi connectivity index (χ2n) is 4.35. The van der Waals surface area contributed by atoms with Crippen LogP contribution in [0.25, 0.3) is 0 Å². The Balaban J connectivity index is 1.97. The fourth-order valence-corrected chi connectivity index (χ4v) is 1.96. The number of hydrogen-bond acceptors (Lipinski definition) is 4. The number of nitrogens with zero attached hydrogens (tertiary/aromatic N) is 3. The highest BCUT2D eigenvalue weighted by Crippen LogP contribution is 2.14. The summed E-state index contributed by atoms with van der Waals surface area (Å²) in [4.78, 5) is 6.45. The van der Waals surface area contributed by atoms with Crippen molar-refractivity contribution in [2.75, 3.05) is 23.4 Å². The van der Waals surface area contributed by atoms with Crippen LogP contribution in [-0.2, 0) is 0 Å². The van der Waals surface area contributed by atoms with Gasteiger partial charge in [0.2, 0.25) is 0 Å². The number of pyridine rings is 1. The molecule has 20 heavy (non-hydrogen) atoms. The van der Waals surface area contributed by atoms with Gasteiger partial charge < -0.3 is 4.90 Å². The molecule has 0 aliphatic carbocycles. The third kappa shape index (κ3) is 3.82. The van der Waals surface area contributed by atoms with Crippen LogP contribution in [-0.4, -0.2) is 24.3 Å². The number of hydrogen-bond donors (Lipinski definition) is 1. The molecular formula is C16H20N4. The molecule has 1 heterocycles. The molecule has 4 nitrogen and oxygen atoms in total. The number of anilines is 2. The molecular weight excluding hydrogens is 248 g/mol. The van der Waals surface area contributed by atoms with Crippen molar-refractivity contribution in [2.24, 2.45) is 5.10 Å². The highest BCUT2D eigenvalue weighted by Gasteiger charge is 2.00. The van der Waals surface area contributed by atoms with E-state index in [9.17, 15) is 0 Å². The van der Waals surface area contributed by atoms with E-state index in [1.807, 2.05) is 18.2 Å². The van der Waals surface area contributed by atoms with Gasteiger partial charge in [0.1, 0.15) is 5.82 Å². The molecule has 1 aromatic heterocycles. The first-order chi connectivity index (χ1) is 9.83. The normalized spacial score (nSPS) is 10.7. The van der Waals surface area contributed by atoms with Crippen LogP contribution in [0.5, 0.6) is 0 Å². The second kappa shape index (κ2) is 7.28. The number of aromatic nitrogens is 1. The van der Waals surface area contributed by atoms with Crippen molar-refractivity contribution in [3.63, 3.8) is 0 Å². The summed E-state index contributed by atoms with van der Waals surface area (Å²) < 4.78 is 0. The lowest BCUT2D eigenvalue weighted by atomic mass is 10.2. The molecule has 2 rings (SSSR count). The van der Waals surface area contributed by atoms with E-state index in [1.54, 1.807) is 12.4 Å². The molecule has 1 N–H and O–H groups in total. The van der Waals surface area contributed by atoms with Crippen LogP contribution in [0, 0.1) is 0 Å². The van der Waals surface area contributed by atoms with Gasteiger partial charge in [-0.15, -0.1) is 0 Å². The molecule has 104 valence electrons. The molecule has 0 atom stereocenters. The summed E-state index contributed by atoms with van der Waals surface area (Å²) in [5.74, 6) is 0.739. The fourth-order valence-electron chi connectivity index (χ4n) is 1.96. The van der Waals surface area contributed by atoms with Gasteiger partial charge in [0, 0.05) is 25.0 Å². The van der Waals surface area contributed by atoms with E-state index >= 15 is 0 Å². The maximum atomic E-state index is 4.18. The minimum absolute atomic E-state index is 0.739. The van der Waals surface area contributed by atoms with E-state index < -0.39 is 0 Å². The zero-order valence-electron chi connectivity index (χ0n) is 12.0. The quantitative estimate of drug-likeness (QED) is 0.645. The van der Waals surface area contributed by atoms with Crippen molar-refractivity contribution in [3.05, 3.63) is 54.2 Å². The average molecular weight is 268 g/mol. The molecule has 0 aliphatic heterocycles. The lowest BCUT2D eigenvalue weighted by molar-refractivity contribution is 0.866. The number of nitrogens with one attached hydrogen (secondary N) is 1. The molecule has 0 bridgehead atoms. The summed E-state index contributed by atoms with van der Waals surface area (Å²) in [6.45, 7) is 6.36. The minimum Gasteiger partial charge on any atom is -0.372 e. The van der Waals surface area contributed by atoms with E-state index in [0.29, 0.717) is 0 Å². The van der Waals surface area contributed by atoms with Crippen LogP contribution in [0.3, 0.4) is 0 Å². The fraction of sp³-hybridized carbons (Fsp3) is 0.250. The molecule has 1 aromatic carbocycles. The third-order valence-electron chi connectivity index (χ3n) is 3.08. The van der Waals surface area contributed by atoms with Crippen molar-refractivity contribution in [2.45, 2.75) is 13.8 Å². The minimum atomic E-state index is 0.739. The summed E-state index contributed by atoms with van der Waals surface area (Å²) >= 11 is 0.